The second kappa shape index (κ2) is 7.51. The number of piperidine rings is 1. The van der Waals surface area contributed by atoms with Gasteiger partial charge in [0.15, 0.2) is 11.4 Å². The normalized spacial score (nSPS) is 16.5. The Morgan fingerprint density at radius 2 is 1.93 bits per heavy atom. The molecule has 3 aromatic rings. The summed E-state index contributed by atoms with van der Waals surface area (Å²) < 4.78 is 44.1. The standard InChI is InChI=1S/C19H19F3N4O3/c20-19(21,22)11-25-6-3-12(4-7-25)9-13-1-2-15-14(10-13)17(24-29-15)26-8-5-16(27)23-18(26)28/h1-2,5,8,10,12H,3-4,6-7,9,11H2,(H,23,27,28). The number of hydrogen-bond donors (Lipinski definition) is 1. The third-order valence-corrected chi connectivity index (χ3v) is 5.20. The fourth-order valence-corrected chi connectivity index (χ4v) is 3.79. The first-order valence-corrected chi connectivity index (χ1v) is 9.28. The van der Waals surface area contributed by atoms with Gasteiger partial charge in [-0.1, -0.05) is 11.2 Å². The predicted molar refractivity (Wildman–Crippen MR) is 99.1 cm³/mol. The van der Waals surface area contributed by atoms with Crippen LogP contribution in [-0.2, 0) is 6.42 Å². The molecular weight excluding hydrogens is 389 g/mol. The molecule has 1 N–H and O–H groups in total. The Morgan fingerprint density at radius 3 is 2.62 bits per heavy atom. The van der Waals surface area contributed by atoms with Crippen molar-refractivity contribution < 1.29 is 17.7 Å². The lowest BCUT2D eigenvalue weighted by Gasteiger charge is -2.32. The lowest BCUT2D eigenvalue weighted by Crippen LogP contribution is -2.40. The molecule has 7 nitrogen and oxygen atoms in total. The number of rotatable bonds is 4. The van der Waals surface area contributed by atoms with Crippen molar-refractivity contribution in [3.8, 4) is 5.82 Å². The Morgan fingerprint density at radius 1 is 1.17 bits per heavy atom. The molecule has 0 unspecified atom stereocenters. The predicted octanol–water partition coefficient (Wildman–Crippen LogP) is 2.48. The maximum absolute atomic E-state index is 12.5. The van der Waals surface area contributed by atoms with E-state index in [2.05, 4.69) is 10.1 Å². The molecule has 0 aliphatic carbocycles. The molecule has 2 aromatic heterocycles. The average Bonchev–Trinajstić information content (AvgIpc) is 3.05. The van der Waals surface area contributed by atoms with Crippen LogP contribution in [0.3, 0.4) is 0 Å². The number of aromatic nitrogens is 3. The molecule has 10 heteroatoms. The molecule has 0 spiro atoms. The van der Waals surface area contributed by atoms with Gasteiger partial charge in [0.05, 0.1) is 11.9 Å². The molecular formula is C19H19F3N4O3. The van der Waals surface area contributed by atoms with E-state index in [4.69, 9.17) is 4.52 Å². The summed E-state index contributed by atoms with van der Waals surface area (Å²) in [5.41, 5.74) is 0.377. The Hall–Kier alpha value is -2.88. The van der Waals surface area contributed by atoms with Crippen molar-refractivity contribution in [2.24, 2.45) is 5.92 Å². The molecule has 0 saturated carbocycles. The highest BCUT2D eigenvalue weighted by Gasteiger charge is 2.32. The molecule has 1 aromatic carbocycles. The monoisotopic (exact) mass is 408 g/mol. The number of halogens is 3. The summed E-state index contributed by atoms with van der Waals surface area (Å²) in [7, 11) is 0. The Bertz CT molecular complexity index is 1120. The van der Waals surface area contributed by atoms with Gasteiger partial charge in [0.2, 0.25) is 0 Å². The van der Waals surface area contributed by atoms with Crippen molar-refractivity contribution in [1.29, 1.82) is 0 Å². The van der Waals surface area contributed by atoms with Crippen LogP contribution in [0, 0.1) is 5.92 Å². The second-order valence-electron chi connectivity index (χ2n) is 7.36. The number of benzene rings is 1. The zero-order valence-corrected chi connectivity index (χ0v) is 15.4. The van der Waals surface area contributed by atoms with E-state index in [1.54, 1.807) is 6.07 Å². The lowest BCUT2D eigenvalue weighted by atomic mass is 9.90. The molecule has 29 heavy (non-hydrogen) atoms. The van der Waals surface area contributed by atoms with Gasteiger partial charge in [-0.2, -0.15) is 13.2 Å². The number of alkyl halides is 3. The van der Waals surface area contributed by atoms with Crippen LogP contribution in [0.5, 0.6) is 0 Å². The van der Waals surface area contributed by atoms with Crippen LogP contribution in [0.1, 0.15) is 18.4 Å². The van der Waals surface area contributed by atoms with Crippen molar-refractivity contribution in [3.05, 3.63) is 56.9 Å². The van der Waals surface area contributed by atoms with Crippen molar-refractivity contribution in [2.75, 3.05) is 19.6 Å². The Kier molecular flexibility index (Phi) is 5.03. The van der Waals surface area contributed by atoms with E-state index in [1.165, 1.54) is 21.7 Å². The van der Waals surface area contributed by atoms with Gasteiger partial charge >= 0.3 is 11.9 Å². The summed E-state index contributed by atoms with van der Waals surface area (Å²) in [6.45, 7) is -0.000927. The number of aromatic amines is 1. The summed E-state index contributed by atoms with van der Waals surface area (Å²) in [6.07, 6.45) is -0.710. The van der Waals surface area contributed by atoms with Crippen LogP contribution in [0.4, 0.5) is 13.2 Å². The molecule has 0 bridgehead atoms. The van der Waals surface area contributed by atoms with Gasteiger partial charge < -0.3 is 4.52 Å². The number of likely N-dealkylation sites (tertiary alicyclic amines) is 1. The third kappa shape index (κ3) is 4.42. The zero-order chi connectivity index (χ0) is 20.6. The average molecular weight is 408 g/mol. The summed E-state index contributed by atoms with van der Waals surface area (Å²) in [4.78, 5) is 26.9. The summed E-state index contributed by atoms with van der Waals surface area (Å²) >= 11 is 0. The van der Waals surface area contributed by atoms with E-state index in [-0.39, 0.29) is 11.7 Å². The molecule has 0 amide bonds. The SMILES string of the molecule is O=c1ccn(-c2noc3ccc(CC4CCN(CC(F)(F)F)CC4)cc23)c(=O)[nH]1. The van der Waals surface area contributed by atoms with Gasteiger partial charge in [-0.05, 0) is 56.0 Å². The van der Waals surface area contributed by atoms with Crippen LogP contribution in [0.15, 0.2) is 44.6 Å². The summed E-state index contributed by atoms with van der Waals surface area (Å²) in [5, 5.41) is 4.57. The van der Waals surface area contributed by atoms with E-state index in [9.17, 15) is 22.8 Å². The molecule has 154 valence electrons. The largest absolute Gasteiger partial charge is 0.401 e. The number of hydrogen-bond acceptors (Lipinski definition) is 5. The van der Waals surface area contributed by atoms with E-state index < -0.39 is 24.0 Å². The molecule has 1 aliphatic heterocycles. The highest BCUT2D eigenvalue weighted by molar-refractivity contribution is 5.84. The minimum absolute atomic E-state index is 0.281. The number of nitrogens with zero attached hydrogens (tertiary/aromatic N) is 3. The number of fused-ring (bicyclic) bond motifs is 1. The van der Waals surface area contributed by atoms with Gasteiger partial charge in [0.1, 0.15) is 0 Å². The maximum atomic E-state index is 12.5. The quantitative estimate of drug-likeness (QED) is 0.717. The summed E-state index contributed by atoms with van der Waals surface area (Å²) in [5.74, 6) is 0.569. The third-order valence-electron chi connectivity index (χ3n) is 5.20. The minimum atomic E-state index is -4.16. The van der Waals surface area contributed by atoms with Gasteiger partial charge in [-0.25, -0.2) is 9.36 Å². The number of nitrogens with one attached hydrogen (secondary N) is 1. The smallest absolute Gasteiger partial charge is 0.354 e. The minimum Gasteiger partial charge on any atom is -0.354 e. The van der Waals surface area contributed by atoms with E-state index in [0.717, 1.165) is 12.0 Å². The van der Waals surface area contributed by atoms with E-state index in [0.29, 0.717) is 36.9 Å². The van der Waals surface area contributed by atoms with Crippen molar-refractivity contribution in [1.82, 2.24) is 19.6 Å². The molecule has 3 heterocycles. The van der Waals surface area contributed by atoms with E-state index in [1.807, 2.05) is 12.1 Å². The topological polar surface area (TPSA) is 84.1 Å². The van der Waals surface area contributed by atoms with Gasteiger partial charge in [0, 0.05) is 12.3 Å². The van der Waals surface area contributed by atoms with Crippen LogP contribution in [0.25, 0.3) is 16.8 Å². The first-order valence-electron chi connectivity index (χ1n) is 9.28. The first kappa shape index (κ1) is 19.4. The molecule has 0 radical (unpaired) electrons. The van der Waals surface area contributed by atoms with Crippen LogP contribution in [0.2, 0.25) is 0 Å². The van der Waals surface area contributed by atoms with Crippen LogP contribution < -0.4 is 11.2 Å². The molecule has 4 rings (SSSR count). The second-order valence-corrected chi connectivity index (χ2v) is 7.36. The Balaban J connectivity index is 1.51. The van der Waals surface area contributed by atoms with Crippen molar-refractivity contribution >= 4 is 11.0 Å². The molecule has 1 aliphatic rings. The highest BCUT2D eigenvalue weighted by Crippen LogP contribution is 2.27. The summed E-state index contributed by atoms with van der Waals surface area (Å²) in [6, 6.07) is 6.76. The fraction of sp³-hybridized carbons (Fsp3) is 0.421. The lowest BCUT2D eigenvalue weighted by molar-refractivity contribution is -0.148. The van der Waals surface area contributed by atoms with Crippen molar-refractivity contribution in [3.63, 3.8) is 0 Å². The molecule has 1 fully saturated rings. The van der Waals surface area contributed by atoms with Crippen molar-refractivity contribution in [2.45, 2.75) is 25.4 Å². The maximum Gasteiger partial charge on any atom is 0.401 e. The Labute approximate surface area is 162 Å². The zero-order valence-electron chi connectivity index (χ0n) is 15.4. The van der Waals surface area contributed by atoms with Gasteiger partial charge in [-0.15, -0.1) is 0 Å². The first-order chi connectivity index (χ1) is 13.8. The van der Waals surface area contributed by atoms with Crippen LogP contribution >= 0.6 is 0 Å². The number of H-pyrrole nitrogens is 1. The molecule has 1 saturated heterocycles. The molecule has 0 atom stereocenters. The van der Waals surface area contributed by atoms with Gasteiger partial charge in [0.25, 0.3) is 5.56 Å². The van der Waals surface area contributed by atoms with Crippen LogP contribution in [-0.4, -0.2) is 45.4 Å². The fourth-order valence-electron chi connectivity index (χ4n) is 3.79. The highest BCUT2D eigenvalue weighted by atomic mass is 19.4. The van der Waals surface area contributed by atoms with E-state index >= 15 is 0 Å². The van der Waals surface area contributed by atoms with Gasteiger partial charge in [-0.3, -0.25) is 14.7 Å².